The Morgan fingerprint density at radius 2 is 1.05 bits per heavy atom. The second-order valence-corrected chi connectivity index (χ2v) is 9.08. The lowest BCUT2D eigenvalue weighted by Crippen LogP contribution is -2.50. The van der Waals surface area contributed by atoms with Crippen molar-refractivity contribution in [1.29, 1.82) is 0 Å². The van der Waals surface area contributed by atoms with Crippen molar-refractivity contribution in [3.05, 3.63) is 108 Å². The van der Waals surface area contributed by atoms with E-state index in [1.165, 1.54) is 0 Å². The molecule has 11 heteroatoms. The molecule has 0 heterocycles. The third-order valence-electron chi connectivity index (χ3n) is 5.79. The highest BCUT2D eigenvalue weighted by Gasteiger charge is 2.23. The van der Waals surface area contributed by atoms with Gasteiger partial charge in [0.05, 0.1) is 0 Å². The molecule has 3 aromatic rings. The highest BCUT2D eigenvalue weighted by molar-refractivity contribution is 5.91. The zero-order valence-corrected chi connectivity index (χ0v) is 23.0. The van der Waals surface area contributed by atoms with Gasteiger partial charge in [-0.25, -0.2) is 4.79 Å². The normalized spacial score (nSPS) is 11.0. The number of hydrogen-bond donors (Lipinski definition) is 3. The minimum absolute atomic E-state index is 0.0186. The maximum atomic E-state index is 12.8. The van der Waals surface area contributed by atoms with Crippen molar-refractivity contribution in [3.8, 4) is 0 Å². The Morgan fingerprint density at radius 1 is 0.571 bits per heavy atom. The van der Waals surface area contributed by atoms with Gasteiger partial charge in [-0.15, -0.1) is 0 Å². The largest absolute Gasteiger partial charge is 0.461 e. The van der Waals surface area contributed by atoms with Crippen LogP contribution in [0.15, 0.2) is 91.0 Å². The molecule has 11 nitrogen and oxygen atoms in total. The van der Waals surface area contributed by atoms with E-state index in [-0.39, 0.29) is 32.7 Å². The molecule has 220 valence electrons. The van der Waals surface area contributed by atoms with E-state index in [0.29, 0.717) is 0 Å². The summed E-state index contributed by atoms with van der Waals surface area (Å²) in [5.41, 5.74) is 2.36. The van der Waals surface area contributed by atoms with Crippen molar-refractivity contribution in [2.45, 2.75) is 38.7 Å². The number of hydrogen-bond acceptors (Lipinski definition) is 8. The molecule has 0 fully saturated rings. The fourth-order valence-electron chi connectivity index (χ4n) is 3.58. The molecule has 3 N–H and O–H groups in total. The van der Waals surface area contributed by atoms with Crippen LogP contribution in [0.5, 0.6) is 0 Å². The molecule has 0 aliphatic carbocycles. The van der Waals surface area contributed by atoms with Gasteiger partial charge in [0, 0.05) is 6.42 Å². The molecule has 42 heavy (non-hydrogen) atoms. The molecule has 0 spiro atoms. The summed E-state index contributed by atoms with van der Waals surface area (Å²) in [6.45, 7) is -0.805. The molecule has 3 aromatic carbocycles. The Balaban J connectivity index is 1.47. The van der Waals surface area contributed by atoms with Crippen molar-refractivity contribution in [2.24, 2.45) is 0 Å². The summed E-state index contributed by atoms with van der Waals surface area (Å²) >= 11 is 0. The lowest BCUT2D eigenvalue weighted by atomic mass is 10.1. The number of rotatable bonds is 15. The lowest BCUT2D eigenvalue weighted by Gasteiger charge is -2.18. The highest BCUT2D eigenvalue weighted by Crippen LogP contribution is 2.06. The van der Waals surface area contributed by atoms with Crippen LogP contribution in [0.4, 0.5) is 4.79 Å². The van der Waals surface area contributed by atoms with Crippen LogP contribution in [0, 0.1) is 0 Å². The standard InChI is InChI=1S/C31H33N3O8/c35-27(18-33-31(39)42-22-25-14-8-3-9-15-25)34-26(16-17-28(36)40-20-23-10-4-1-5-11-23)30(38)32-19-29(37)41-21-24-12-6-2-7-13-24/h1-15,26H,16-22H2,(H,32,38)(H,33,39)(H,34,35)/t26-/m1/s1. The van der Waals surface area contributed by atoms with E-state index in [9.17, 15) is 24.0 Å². The summed E-state index contributed by atoms with van der Waals surface area (Å²) in [5.74, 6) is -2.66. The zero-order chi connectivity index (χ0) is 30.0. The lowest BCUT2D eigenvalue weighted by molar-refractivity contribution is -0.147. The first kappa shape index (κ1) is 31.3. The van der Waals surface area contributed by atoms with Gasteiger partial charge in [0.15, 0.2) is 0 Å². The molecule has 0 unspecified atom stereocenters. The molecule has 0 aliphatic heterocycles. The van der Waals surface area contributed by atoms with Crippen molar-refractivity contribution in [2.75, 3.05) is 13.1 Å². The fourth-order valence-corrected chi connectivity index (χ4v) is 3.58. The SMILES string of the molecule is O=C(CNC(=O)OCc1ccccc1)N[C@H](CCC(=O)OCc1ccccc1)C(=O)NCC(=O)OCc1ccccc1. The summed E-state index contributed by atoms with van der Waals surface area (Å²) < 4.78 is 15.5. The topological polar surface area (TPSA) is 149 Å². The maximum Gasteiger partial charge on any atom is 0.407 e. The summed E-state index contributed by atoms with van der Waals surface area (Å²) in [7, 11) is 0. The van der Waals surface area contributed by atoms with E-state index in [0.717, 1.165) is 16.7 Å². The van der Waals surface area contributed by atoms with Gasteiger partial charge in [-0.3, -0.25) is 19.2 Å². The molecule has 3 rings (SSSR count). The number of benzene rings is 3. The van der Waals surface area contributed by atoms with Crippen LogP contribution in [-0.4, -0.2) is 49.0 Å². The first-order valence-corrected chi connectivity index (χ1v) is 13.3. The number of carbonyl (C=O) groups excluding carboxylic acids is 5. The van der Waals surface area contributed by atoms with Crippen LogP contribution in [0.25, 0.3) is 0 Å². The number of amides is 3. The zero-order valence-electron chi connectivity index (χ0n) is 23.0. The molecular weight excluding hydrogens is 542 g/mol. The van der Waals surface area contributed by atoms with Crippen LogP contribution in [0.1, 0.15) is 29.5 Å². The second kappa shape index (κ2) is 17.5. The van der Waals surface area contributed by atoms with Gasteiger partial charge in [0.25, 0.3) is 0 Å². The van der Waals surface area contributed by atoms with E-state index in [4.69, 9.17) is 14.2 Å². The van der Waals surface area contributed by atoms with Crippen molar-refractivity contribution in [1.82, 2.24) is 16.0 Å². The minimum atomic E-state index is -1.19. The Labute approximate surface area is 243 Å². The predicted molar refractivity (Wildman–Crippen MR) is 151 cm³/mol. The summed E-state index contributed by atoms with van der Waals surface area (Å²) in [6, 6.07) is 25.9. The molecule has 0 bridgehead atoms. The van der Waals surface area contributed by atoms with Crippen molar-refractivity contribution in [3.63, 3.8) is 0 Å². The van der Waals surface area contributed by atoms with Gasteiger partial charge in [-0.05, 0) is 23.1 Å². The molecule has 0 aliphatic rings. The monoisotopic (exact) mass is 575 g/mol. The van der Waals surface area contributed by atoms with E-state index in [1.54, 1.807) is 60.7 Å². The fraction of sp³-hybridized carbons (Fsp3) is 0.258. The minimum Gasteiger partial charge on any atom is -0.461 e. The quantitative estimate of drug-likeness (QED) is 0.185. The highest BCUT2D eigenvalue weighted by atomic mass is 16.5. The Hall–Kier alpha value is -5.19. The van der Waals surface area contributed by atoms with Crippen molar-refractivity contribution >= 4 is 29.8 Å². The number of alkyl carbamates (subject to hydrolysis) is 1. The van der Waals surface area contributed by atoms with E-state index in [2.05, 4.69) is 16.0 Å². The van der Waals surface area contributed by atoms with Gasteiger partial charge in [0.1, 0.15) is 39.0 Å². The van der Waals surface area contributed by atoms with E-state index >= 15 is 0 Å². The molecule has 0 saturated carbocycles. The molecule has 0 aromatic heterocycles. The van der Waals surface area contributed by atoms with Gasteiger partial charge in [-0.1, -0.05) is 91.0 Å². The second-order valence-electron chi connectivity index (χ2n) is 9.08. The van der Waals surface area contributed by atoms with Crippen LogP contribution < -0.4 is 16.0 Å². The average Bonchev–Trinajstić information content (AvgIpc) is 3.03. The molecule has 1 atom stereocenters. The van der Waals surface area contributed by atoms with Crippen molar-refractivity contribution < 1.29 is 38.2 Å². The third-order valence-corrected chi connectivity index (χ3v) is 5.79. The number of ether oxygens (including phenoxy) is 3. The Bertz CT molecular complexity index is 1300. The van der Waals surface area contributed by atoms with Gasteiger partial charge < -0.3 is 30.2 Å². The van der Waals surface area contributed by atoms with Crippen LogP contribution in [0.2, 0.25) is 0 Å². The average molecular weight is 576 g/mol. The van der Waals surface area contributed by atoms with Crippen LogP contribution in [-0.2, 0) is 53.2 Å². The Kier molecular flexibility index (Phi) is 13.1. The number of nitrogens with one attached hydrogen (secondary N) is 3. The van der Waals surface area contributed by atoms with E-state index in [1.807, 2.05) is 30.3 Å². The number of carbonyl (C=O) groups is 5. The third kappa shape index (κ3) is 12.3. The molecular formula is C31H33N3O8. The molecule has 0 saturated heterocycles. The van der Waals surface area contributed by atoms with Crippen LogP contribution >= 0.6 is 0 Å². The molecule has 0 radical (unpaired) electrons. The van der Waals surface area contributed by atoms with Crippen LogP contribution in [0.3, 0.4) is 0 Å². The summed E-state index contributed by atoms with van der Waals surface area (Å²) in [4.78, 5) is 61.8. The maximum absolute atomic E-state index is 12.8. The van der Waals surface area contributed by atoms with Gasteiger partial charge in [0.2, 0.25) is 11.8 Å². The van der Waals surface area contributed by atoms with Gasteiger partial charge in [-0.2, -0.15) is 0 Å². The summed E-state index contributed by atoms with van der Waals surface area (Å²) in [6.07, 6.45) is -1.11. The van der Waals surface area contributed by atoms with Gasteiger partial charge >= 0.3 is 18.0 Å². The first-order valence-electron chi connectivity index (χ1n) is 13.3. The van der Waals surface area contributed by atoms with E-state index < -0.39 is 49.0 Å². The first-order chi connectivity index (χ1) is 20.4. The smallest absolute Gasteiger partial charge is 0.407 e. The summed E-state index contributed by atoms with van der Waals surface area (Å²) in [5, 5.41) is 7.20. The predicted octanol–water partition coefficient (Wildman–Crippen LogP) is 2.78. The molecule has 3 amide bonds. The number of esters is 2. The Morgan fingerprint density at radius 3 is 1.57 bits per heavy atom.